The first kappa shape index (κ1) is 22.2. The van der Waals surface area contributed by atoms with Crippen LogP contribution >= 0.6 is 0 Å². The maximum atomic E-state index is 10.3. The Kier molecular flexibility index (Phi) is 9.83. The normalized spacial score (nSPS) is 17.2. The number of benzene rings is 1. The number of allylic oxidation sites excluding steroid dienone is 4. The molecule has 0 saturated carbocycles. The van der Waals surface area contributed by atoms with Gasteiger partial charge >= 0.3 is 0 Å². The van der Waals surface area contributed by atoms with Crippen LogP contribution in [-0.4, -0.2) is 62.7 Å². The van der Waals surface area contributed by atoms with Gasteiger partial charge in [0.25, 0.3) is 0 Å². The number of ether oxygens (including phenoxy) is 3. The van der Waals surface area contributed by atoms with Gasteiger partial charge in [0.2, 0.25) is 0 Å². The first-order chi connectivity index (χ1) is 13.7. The molecule has 1 saturated heterocycles. The number of aliphatic hydroxyl groups excluding tert-OH is 1. The molecular formula is C23H33NO4. The van der Waals surface area contributed by atoms with Crippen LogP contribution in [0.4, 0.5) is 0 Å². The van der Waals surface area contributed by atoms with Gasteiger partial charge in [0, 0.05) is 19.6 Å². The van der Waals surface area contributed by atoms with Crippen LogP contribution in [0.1, 0.15) is 18.9 Å². The highest BCUT2D eigenvalue weighted by molar-refractivity contribution is 5.35. The van der Waals surface area contributed by atoms with Crippen molar-refractivity contribution in [2.75, 3.05) is 46.6 Å². The highest BCUT2D eigenvalue weighted by Gasteiger charge is 2.16. The summed E-state index contributed by atoms with van der Waals surface area (Å²) in [5, 5.41) is 10.3. The fourth-order valence-corrected chi connectivity index (χ4v) is 3.13. The fraction of sp³-hybridized carbons (Fsp3) is 0.478. The zero-order chi connectivity index (χ0) is 20.2. The lowest BCUT2D eigenvalue weighted by molar-refractivity contribution is 0.00457. The zero-order valence-electron chi connectivity index (χ0n) is 17.1. The topological polar surface area (TPSA) is 51.2 Å². The predicted octanol–water partition coefficient (Wildman–Crippen LogP) is 3.35. The van der Waals surface area contributed by atoms with Gasteiger partial charge in [0.15, 0.2) is 0 Å². The number of para-hydroxylation sites is 1. The summed E-state index contributed by atoms with van der Waals surface area (Å²) >= 11 is 0. The number of aryl methyl sites for hydroxylation is 1. The van der Waals surface area contributed by atoms with Crippen molar-refractivity contribution in [1.82, 2.24) is 4.90 Å². The van der Waals surface area contributed by atoms with Crippen LogP contribution in [-0.2, 0) is 15.9 Å². The molecule has 1 atom stereocenters. The number of hydrogen-bond acceptors (Lipinski definition) is 5. The number of morpholine rings is 1. The van der Waals surface area contributed by atoms with Crippen LogP contribution in [0.2, 0.25) is 0 Å². The highest BCUT2D eigenvalue weighted by atomic mass is 16.5. The van der Waals surface area contributed by atoms with E-state index in [0.717, 1.165) is 61.8 Å². The molecule has 5 heteroatoms. The molecule has 154 valence electrons. The molecule has 1 heterocycles. The van der Waals surface area contributed by atoms with Crippen LogP contribution in [0.3, 0.4) is 0 Å². The summed E-state index contributed by atoms with van der Waals surface area (Å²) < 4.78 is 16.6. The molecule has 0 aromatic heterocycles. The molecular weight excluding hydrogens is 354 g/mol. The van der Waals surface area contributed by atoms with Crippen LogP contribution in [0.5, 0.6) is 5.75 Å². The van der Waals surface area contributed by atoms with E-state index in [1.807, 2.05) is 43.4 Å². The number of rotatable bonds is 11. The molecule has 1 aliphatic rings. The summed E-state index contributed by atoms with van der Waals surface area (Å²) in [4.78, 5) is 2.21. The molecule has 1 N–H and O–H groups in total. The SMILES string of the molecule is C=C/C(=C\C(=C/C)OC)CCc1ccccc1OC[C@@H](O)CN1CCOCC1. The quantitative estimate of drug-likeness (QED) is 0.466. The minimum atomic E-state index is -0.520. The predicted molar refractivity (Wildman–Crippen MR) is 113 cm³/mol. The summed E-state index contributed by atoms with van der Waals surface area (Å²) in [5.74, 6) is 1.65. The zero-order valence-corrected chi connectivity index (χ0v) is 17.1. The molecule has 0 bridgehead atoms. The molecule has 1 aliphatic heterocycles. The molecule has 1 fully saturated rings. The monoisotopic (exact) mass is 387 g/mol. The van der Waals surface area contributed by atoms with E-state index in [2.05, 4.69) is 17.5 Å². The van der Waals surface area contributed by atoms with Crippen molar-refractivity contribution in [2.45, 2.75) is 25.9 Å². The summed E-state index contributed by atoms with van der Waals surface area (Å²) in [6.07, 6.45) is 6.93. The molecule has 5 nitrogen and oxygen atoms in total. The lowest BCUT2D eigenvalue weighted by Gasteiger charge is -2.28. The largest absolute Gasteiger partial charge is 0.497 e. The first-order valence-electron chi connectivity index (χ1n) is 9.88. The van der Waals surface area contributed by atoms with Gasteiger partial charge in [-0.3, -0.25) is 4.90 Å². The molecule has 0 aliphatic carbocycles. The maximum Gasteiger partial charge on any atom is 0.122 e. The minimum absolute atomic E-state index is 0.283. The van der Waals surface area contributed by atoms with E-state index in [9.17, 15) is 5.11 Å². The van der Waals surface area contributed by atoms with Gasteiger partial charge in [0.05, 0.1) is 20.3 Å². The van der Waals surface area contributed by atoms with Crippen molar-refractivity contribution >= 4 is 0 Å². The average molecular weight is 388 g/mol. The molecule has 1 aromatic carbocycles. The van der Waals surface area contributed by atoms with E-state index >= 15 is 0 Å². The second kappa shape index (κ2) is 12.4. The number of hydrogen-bond donors (Lipinski definition) is 1. The third-order valence-electron chi connectivity index (χ3n) is 4.77. The standard InChI is InChI=1S/C23H33NO4/c1-4-19(16-22(5-2)26-3)10-11-20-8-6-7-9-23(20)28-18-21(25)17-24-12-14-27-15-13-24/h4-9,16,21,25H,1,10-15,17-18H2,2-3H3/b19-16+,22-5+/t21-/m0/s1. The summed E-state index contributed by atoms with van der Waals surface area (Å²) in [6, 6.07) is 7.99. The van der Waals surface area contributed by atoms with Crippen molar-refractivity contribution < 1.29 is 19.3 Å². The third-order valence-corrected chi connectivity index (χ3v) is 4.77. The van der Waals surface area contributed by atoms with Gasteiger partial charge in [-0.25, -0.2) is 0 Å². The Morgan fingerprint density at radius 1 is 1.32 bits per heavy atom. The maximum absolute atomic E-state index is 10.3. The Labute approximate surface area is 168 Å². The number of β-amino-alcohol motifs (C(OH)–C–C–N with tert-alkyl or cyclic N) is 1. The highest BCUT2D eigenvalue weighted by Crippen LogP contribution is 2.22. The first-order valence-corrected chi connectivity index (χ1v) is 9.88. The van der Waals surface area contributed by atoms with Gasteiger partial charge in [-0.1, -0.05) is 30.9 Å². The smallest absolute Gasteiger partial charge is 0.122 e. The Hall–Kier alpha value is -2.08. The van der Waals surface area contributed by atoms with Crippen molar-refractivity contribution in [3.8, 4) is 5.75 Å². The molecule has 28 heavy (non-hydrogen) atoms. The Morgan fingerprint density at radius 2 is 2.07 bits per heavy atom. The Bertz CT molecular complexity index is 662. The third kappa shape index (κ3) is 7.50. The van der Waals surface area contributed by atoms with Gasteiger partial charge < -0.3 is 19.3 Å². The molecule has 0 amide bonds. The van der Waals surface area contributed by atoms with E-state index in [1.165, 1.54) is 0 Å². The lowest BCUT2D eigenvalue weighted by atomic mass is 10.0. The molecule has 1 aromatic rings. The Balaban J connectivity index is 1.90. The van der Waals surface area contributed by atoms with E-state index < -0.39 is 6.10 Å². The fourth-order valence-electron chi connectivity index (χ4n) is 3.13. The van der Waals surface area contributed by atoms with E-state index in [1.54, 1.807) is 7.11 Å². The van der Waals surface area contributed by atoms with Crippen molar-refractivity contribution in [1.29, 1.82) is 0 Å². The van der Waals surface area contributed by atoms with Gasteiger partial charge in [0.1, 0.15) is 24.2 Å². The number of methoxy groups -OCH3 is 1. The van der Waals surface area contributed by atoms with Crippen molar-refractivity contribution in [3.05, 3.63) is 66.0 Å². The van der Waals surface area contributed by atoms with Crippen molar-refractivity contribution in [2.24, 2.45) is 0 Å². The molecule has 2 rings (SSSR count). The van der Waals surface area contributed by atoms with Crippen LogP contribution in [0, 0.1) is 0 Å². The van der Waals surface area contributed by atoms with Crippen molar-refractivity contribution in [3.63, 3.8) is 0 Å². The summed E-state index contributed by atoms with van der Waals surface area (Å²) in [7, 11) is 1.66. The second-order valence-electron chi connectivity index (χ2n) is 6.80. The summed E-state index contributed by atoms with van der Waals surface area (Å²) in [5.41, 5.74) is 2.23. The van der Waals surface area contributed by atoms with Crippen LogP contribution in [0.15, 0.2) is 60.4 Å². The average Bonchev–Trinajstić information content (AvgIpc) is 2.74. The molecule has 0 radical (unpaired) electrons. The molecule has 0 spiro atoms. The van der Waals surface area contributed by atoms with Gasteiger partial charge in [-0.2, -0.15) is 0 Å². The van der Waals surface area contributed by atoms with Crippen LogP contribution < -0.4 is 4.74 Å². The van der Waals surface area contributed by atoms with Gasteiger partial charge in [-0.15, -0.1) is 0 Å². The van der Waals surface area contributed by atoms with Crippen LogP contribution in [0.25, 0.3) is 0 Å². The molecule has 0 unspecified atom stereocenters. The minimum Gasteiger partial charge on any atom is -0.497 e. The number of nitrogens with zero attached hydrogens (tertiary/aromatic N) is 1. The summed E-state index contributed by atoms with van der Waals surface area (Å²) in [6.45, 7) is 9.92. The number of aliphatic hydroxyl groups is 1. The second-order valence-corrected chi connectivity index (χ2v) is 6.80. The lowest BCUT2D eigenvalue weighted by Crippen LogP contribution is -2.42. The van der Waals surface area contributed by atoms with Gasteiger partial charge in [-0.05, 0) is 49.1 Å². The Morgan fingerprint density at radius 3 is 2.75 bits per heavy atom. The van der Waals surface area contributed by atoms with E-state index in [0.29, 0.717) is 6.54 Å². The van der Waals surface area contributed by atoms with E-state index in [-0.39, 0.29) is 6.61 Å². The van der Waals surface area contributed by atoms with E-state index in [4.69, 9.17) is 14.2 Å².